The van der Waals surface area contributed by atoms with Crippen LogP contribution >= 0.6 is 0 Å². The molecular formula is C18H17F6N3O3S. The summed E-state index contributed by atoms with van der Waals surface area (Å²) in [6.07, 6.45) is -9.15. The molecule has 6 nitrogen and oxygen atoms in total. The van der Waals surface area contributed by atoms with E-state index in [-0.39, 0.29) is 31.0 Å². The van der Waals surface area contributed by atoms with Gasteiger partial charge in [0.05, 0.1) is 15.7 Å². The Morgan fingerprint density at radius 1 is 1.13 bits per heavy atom. The third-order valence-electron chi connectivity index (χ3n) is 5.08. The molecule has 1 saturated carbocycles. The van der Waals surface area contributed by atoms with Crippen LogP contribution in [-0.2, 0) is 29.2 Å². The maximum atomic E-state index is 12.8. The summed E-state index contributed by atoms with van der Waals surface area (Å²) >= 11 is 0. The summed E-state index contributed by atoms with van der Waals surface area (Å²) in [4.78, 5) is 11.7. The van der Waals surface area contributed by atoms with E-state index in [4.69, 9.17) is 0 Å². The van der Waals surface area contributed by atoms with Crippen molar-refractivity contribution in [3.05, 3.63) is 47.3 Å². The summed E-state index contributed by atoms with van der Waals surface area (Å²) < 4.78 is 102. The van der Waals surface area contributed by atoms with Crippen LogP contribution in [0.3, 0.4) is 0 Å². The lowest BCUT2D eigenvalue weighted by atomic mass is 9.85. The number of rotatable bonds is 5. The molecule has 1 aromatic carbocycles. The minimum Gasteiger partial charge on any atom is -0.350 e. The van der Waals surface area contributed by atoms with Crippen LogP contribution < -0.4 is 5.32 Å². The molecule has 2 aromatic rings. The van der Waals surface area contributed by atoms with Crippen molar-refractivity contribution in [1.82, 2.24) is 15.1 Å². The third-order valence-corrected chi connectivity index (χ3v) is 7.25. The van der Waals surface area contributed by atoms with Gasteiger partial charge in [0.1, 0.15) is 5.69 Å². The van der Waals surface area contributed by atoms with Crippen molar-refractivity contribution < 1.29 is 39.6 Å². The van der Waals surface area contributed by atoms with Gasteiger partial charge in [0.25, 0.3) is 5.91 Å². The molecule has 0 aliphatic heterocycles. The molecule has 1 N–H and O–H groups in total. The van der Waals surface area contributed by atoms with E-state index in [9.17, 15) is 39.6 Å². The van der Waals surface area contributed by atoms with Crippen molar-refractivity contribution in [3.63, 3.8) is 0 Å². The molecule has 1 fully saturated rings. The number of sulfone groups is 1. The van der Waals surface area contributed by atoms with Gasteiger partial charge in [-0.2, -0.15) is 31.4 Å². The number of aromatic nitrogens is 2. The van der Waals surface area contributed by atoms with E-state index in [1.807, 2.05) is 0 Å². The molecule has 0 atom stereocenters. The smallest absolute Gasteiger partial charge is 0.350 e. The van der Waals surface area contributed by atoms with Gasteiger partial charge in [0, 0.05) is 19.7 Å². The van der Waals surface area contributed by atoms with Crippen LogP contribution in [-0.4, -0.2) is 35.9 Å². The number of nitrogens with zero attached hydrogens (tertiary/aromatic N) is 2. The highest BCUT2D eigenvalue weighted by atomic mass is 32.2. The van der Waals surface area contributed by atoms with Gasteiger partial charge in [0.15, 0.2) is 15.5 Å². The van der Waals surface area contributed by atoms with Crippen molar-refractivity contribution in [2.45, 2.75) is 35.3 Å². The first-order valence-electron chi connectivity index (χ1n) is 9.00. The largest absolute Gasteiger partial charge is 0.435 e. The normalized spacial score (nSPS) is 19.7. The monoisotopic (exact) mass is 469 g/mol. The number of aryl methyl sites for hydroxylation is 1. The number of halogens is 6. The molecule has 0 spiro atoms. The molecule has 1 heterocycles. The SMILES string of the molecule is Cn1nc(C(F)(F)F)cc1C(=O)NC[C@H]1C[C@@H](S(=O)(=O)c2cccc(C(F)(F)F)c2)C1. The zero-order valence-electron chi connectivity index (χ0n) is 16.0. The highest BCUT2D eigenvalue weighted by molar-refractivity contribution is 7.92. The summed E-state index contributed by atoms with van der Waals surface area (Å²) in [6.45, 7) is 0.0139. The Morgan fingerprint density at radius 3 is 2.32 bits per heavy atom. The first-order chi connectivity index (χ1) is 14.2. The Bertz CT molecular complexity index is 1090. The first-order valence-corrected chi connectivity index (χ1v) is 10.5. The summed E-state index contributed by atoms with van der Waals surface area (Å²) in [5.41, 5.74) is -2.58. The lowest BCUT2D eigenvalue weighted by molar-refractivity contribution is -0.141. The second-order valence-electron chi connectivity index (χ2n) is 7.28. The Hall–Kier alpha value is -2.57. The number of amides is 1. The second kappa shape index (κ2) is 7.84. The number of alkyl halides is 6. The van der Waals surface area contributed by atoms with Crippen molar-refractivity contribution in [3.8, 4) is 0 Å². The maximum Gasteiger partial charge on any atom is 0.435 e. The highest BCUT2D eigenvalue weighted by Gasteiger charge is 2.41. The van der Waals surface area contributed by atoms with Gasteiger partial charge in [0.2, 0.25) is 0 Å². The van der Waals surface area contributed by atoms with Crippen molar-refractivity contribution in [1.29, 1.82) is 0 Å². The fraction of sp³-hybridized carbons (Fsp3) is 0.444. The van der Waals surface area contributed by atoms with Crippen LogP contribution in [0.15, 0.2) is 35.2 Å². The summed E-state index contributed by atoms with van der Waals surface area (Å²) in [7, 11) is -2.79. The number of hydrogen-bond acceptors (Lipinski definition) is 4. The van der Waals surface area contributed by atoms with Gasteiger partial charge in [-0.25, -0.2) is 8.42 Å². The summed E-state index contributed by atoms with van der Waals surface area (Å²) in [6, 6.07) is 4.10. The molecule has 0 unspecified atom stereocenters. The molecule has 0 radical (unpaired) electrons. The lowest BCUT2D eigenvalue weighted by Crippen LogP contribution is -2.42. The van der Waals surface area contributed by atoms with E-state index < -0.39 is 49.5 Å². The van der Waals surface area contributed by atoms with Gasteiger partial charge in [-0.3, -0.25) is 9.48 Å². The predicted octanol–water partition coefficient (Wildman–Crippen LogP) is 3.44. The van der Waals surface area contributed by atoms with Crippen LogP contribution in [0.2, 0.25) is 0 Å². The number of nitrogens with one attached hydrogen (secondary N) is 1. The molecule has 0 bridgehead atoms. The molecule has 170 valence electrons. The van der Waals surface area contributed by atoms with Crippen LogP contribution in [0.4, 0.5) is 26.3 Å². The lowest BCUT2D eigenvalue weighted by Gasteiger charge is -2.35. The number of benzene rings is 1. The number of carbonyl (C=O) groups excluding carboxylic acids is 1. The Labute approximate surface area is 173 Å². The molecule has 1 amide bonds. The Balaban J connectivity index is 1.58. The predicted molar refractivity (Wildman–Crippen MR) is 95.7 cm³/mol. The molecule has 1 aromatic heterocycles. The fourth-order valence-electron chi connectivity index (χ4n) is 3.28. The van der Waals surface area contributed by atoms with Gasteiger partial charge in [-0.1, -0.05) is 6.07 Å². The van der Waals surface area contributed by atoms with Gasteiger partial charge in [-0.05, 0) is 37.0 Å². The van der Waals surface area contributed by atoms with Crippen molar-refractivity contribution in [2.75, 3.05) is 6.54 Å². The van der Waals surface area contributed by atoms with Crippen LogP contribution in [0, 0.1) is 5.92 Å². The standard InChI is InChI=1S/C18H17F6N3O3S/c1-27-14(8-15(26-27)18(22,23)24)16(28)25-9-10-5-13(6-10)31(29,30)12-4-2-3-11(7-12)17(19,20)21/h2-4,7-8,10,13H,5-6,9H2,1H3,(H,25,28)/t10-,13+. The zero-order chi connectivity index (χ0) is 23.2. The third kappa shape index (κ3) is 4.86. The van der Waals surface area contributed by atoms with Gasteiger partial charge < -0.3 is 5.32 Å². The molecule has 1 aliphatic carbocycles. The Morgan fingerprint density at radius 2 is 1.77 bits per heavy atom. The van der Waals surface area contributed by atoms with Crippen LogP contribution in [0.1, 0.15) is 34.6 Å². The number of carbonyl (C=O) groups is 1. The highest BCUT2D eigenvalue weighted by Crippen LogP contribution is 2.38. The van der Waals surface area contributed by atoms with E-state index >= 15 is 0 Å². The van der Waals surface area contributed by atoms with E-state index in [2.05, 4.69) is 10.4 Å². The molecule has 3 rings (SSSR count). The molecule has 0 saturated heterocycles. The minimum atomic E-state index is -4.70. The summed E-state index contributed by atoms with van der Waals surface area (Å²) in [5.74, 6) is -1.07. The van der Waals surface area contributed by atoms with Crippen molar-refractivity contribution in [2.24, 2.45) is 13.0 Å². The van der Waals surface area contributed by atoms with Gasteiger partial charge in [-0.15, -0.1) is 0 Å². The molecule has 31 heavy (non-hydrogen) atoms. The van der Waals surface area contributed by atoms with Gasteiger partial charge >= 0.3 is 12.4 Å². The first kappa shape index (κ1) is 23.1. The topological polar surface area (TPSA) is 81.1 Å². The van der Waals surface area contributed by atoms with E-state index in [0.717, 1.165) is 22.9 Å². The Kier molecular flexibility index (Phi) is 5.84. The average molecular weight is 469 g/mol. The van der Waals surface area contributed by atoms with Crippen LogP contribution in [0.25, 0.3) is 0 Å². The molecule has 13 heteroatoms. The average Bonchev–Trinajstić information content (AvgIpc) is 3.01. The fourth-order valence-corrected chi connectivity index (χ4v) is 5.28. The van der Waals surface area contributed by atoms with E-state index in [1.54, 1.807) is 0 Å². The van der Waals surface area contributed by atoms with E-state index in [1.165, 1.54) is 7.05 Å². The molecule has 1 aliphatic rings. The minimum absolute atomic E-state index is 0.0139. The quantitative estimate of drug-likeness (QED) is 0.681. The van der Waals surface area contributed by atoms with Crippen molar-refractivity contribution >= 4 is 15.7 Å². The maximum absolute atomic E-state index is 12.8. The van der Waals surface area contributed by atoms with Crippen LogP contribution in [0.5, 0.6) is 0 Å². The zero-order valence-corrected chi connectivity index (χ0v) is 16.8. The molecular weight excluding hydrogens is 452 g/mol. The summed E-state index contributed by atoms with van der Waals surface area (Å²) in [5, 5.41) is 4.78. The number of hydrogen-bond donors (Lipinski definition) is 1. The second-order valence-corrected chi connectivity index (χ2v) is 9.50. The van der Waals surface area contributed by atoms with E-state index in [0.29, 0.717) is 12.1 Å².